The molecule has 0 aliphatic heterocycles. The minimum absolute atomic E-state index is 0.126. The lowest BCUT2D eigenvalue weighted by Crippen LogP contribution is -2.40. The van der Waals surface area contributed by atoms with E-state index >= 15 is 0 Å². The largest absolute Gasteiger partial charge is 0.353 e. The molecule has 20 heavy (non-hydrogen) atoms. The molecule has 2 aliphatic carbocycles. The Bertz CT molecular complexity index is 450. The summed E-state index contributed by atoms with van der Waals surface area (Å²) in [5.74, 6) is 1.79. The summed E-state index contributed by atoms with van der Waals surface area (Å²) in [7, 11) is 0. The molecule has 1 amide bonds. The van der Waals surface area contributed by atoms with E-state index < -0.39 is 0 Å². The smallest absolute Gasteiger partial charge is 0.224 e. The summed E-state index contributed by atoms with van der Waals surface area (Å²) in [5.41, 5.74) is 1.10. The maximum atomic E-state index is 12.4. The van der Waals surface area contributed by atoms with Crippen molar-refractivity contribution in [1.82, 2.24) is 15.3 Å². The van der Waals surface area contributed by atoms with Crippen LogP contribution in [0.5, 0.6) is 0 Å². The van der Waals surface area contributed by atoms with Crippen LogP contribution < -0.4 is 5.32 Å². The third kappa shape index (κ3) is 2.60. The van der Waals surface area contributed by atoms with Crippen molar-refractivity contribution in [3.05, 3.63) is 18.2 Å². The molecule has 4 atom stereocenters. The number of hydrogen-bond acceptors (Lipinski definition) is 2. The van der Waals surface area contributed by atoms with E-state index in [1.165, 1.54) is 32.1 Å². The summed E-state index contributed by atoms with van der Waals surface area (Å²) in [5, 5.41) is 3.26. The molecule has 1 aromatic rings. The molecule has 4 nitrogen and oxygen atoms in total. The molecule has 2 aliphatic rings. The van der Waals surface area contributed by atoms with Gasteiger partial charge in [-0.05, 0) is 31.6 Å². The third-order valence-corrected chi connectivity index (χ3v) is 5.29. The Morgan fingerprint density at radius 1 is 1.40 bits per heavy atom. The zero-order chi connectivity index (χ0) is 14.1. The molecule has 2 saturated carbocycles. The number of aromatic nitrogens is 2. The predicted molar refractivity (Wildman–Crippen MR) is 78.2 cm³/mol. The van der Waals surface area contributed by atoms with Gasteiger partial charge in [-0.1, -0.05) is 26.2 Å². The Balaban J connectivity index is 1.54. The van der Waals surface area contributed by atoms with Crippen LogP contribution in [-0.4, -0.2) is 21.9 Å². The van der Waals surface area contributed by atoms with Gasteiger partial charge in [-0.15, -0.1) is 0 Å². The zero-order valence-electron chi connectivity index (χ0n) is 12.4. The number of nitrogens with one attached hydrogen (secondary N) is 2. The summed E-state index contributed by atoms with van der Waals surface area (Å²) in [6.45, 7) is 4.33. The molecule has 1 aromatic heterocycles. The van der Waals surface area contributed by atoms with Crippen LogP contribution in [0, 0.1) is 17.8 Å². The fourth-order valence-corrected chi connectivity index (χ4v) is 3.86. The Morgan fingerprint density at radius 3 is 2.80 bits per heavy atom. The van der Waals surface area contributed by atoms with Gasteiger partial charge in [-0.25, -0.2) is 4.98 Å². The van der Waals surface area contributed by atoms with Crippen LogP contribution in [0.4, 0.5) is 0 Å². The first-order chi connectivity index (χ1) is 9.68. The van der Waals surface area contributed by atoms with Crippen molar-refractivity contribution >= 4 is 5.91 Å². The fourth-order valence-electron chi connectivity index (χ4n) is 3.86. The van der Waals surface area contributed by atoms with Crippen LogP contribution in [0.2, 0.25) is 0 Å². The maximum Gasteiger partial charge on any atom is 0.224 e. The summed E-state index contributed by atoms with van der Waals surface area (Å²) >= 11 is 0. The molecule has 0 radical (unpaired) electrons. The quantitative estimate of drug-likeness (QED) is 0.887. The number of nitrogens with zero attached hydrogens (tertiary/aromatic N) is 1. The highest BCUT2D eigenvalue weighted by Crippen LogP contribution is 2.53. The van der Waals surface area contributed by atoms with E-state index in [2.05, 4.69) is 29.1 Å². The van der Waals surface area contributed by atoms with Crippen LogP contribution in [-0.2, 0) is 4.79 Å². The summed E-state index contributed by atoms with van der Waals surface area (Å²) in [6.07, 6.45) is 10.1. The highest BCUT2D eigenvalue weighted by molar-refractivity contribution is 5.83. The zero-order valence-corrected chi connectivity index (χ0v) is 12.4. The van der Waals surface area contributed by atoms with E-state index in [9.17, 15) is 4.79 Å². The van der Waals surface area contributed by atoms with Gasteiger partial charge in [0.2, 0.25) is 5.91 Å². The molecule has 0 aromatic carbocycles. The second-order valence-electron chi connectivity index (χ2n) is 6.61. The summed E-state index contributed by atoms with van der Waals surface area (Å²) in [4.78, 5) is 19.6. The average molecular weight is 275 g/mol. The number of H-pyrrole nitrogens is 1. The monoisotopic (exact) mass is 275 g/mol. The van der Waals surface area contributed by atoms with E-state index in [1.54, 1.807) is 6.33 Å². The number of carbonyl (C=O) groups is 1. The van der Waals surface area contributed by atoms with Gasteiger partial charge in [0.05, 0.1) is 6.33 Å². The second kappa shape index (κ2) is 5.58. The molecule has 2 N–H and O–H groups in total. The van der Waals surface area contributed by atoms with Crippen LogP contribution in [0.1, 0.15) is 57.6 Å². The summed E-state index contributed by atoms with van der Waals surface area (Å²) in [6, 6.07) is 0.318. The average Bonchev–Trinajstić information content (AvgIpc) is 2.89. The van der Waals surface area contributed by atoms with Crippen LogP contribution in [0.15, 0.2) is 12.5 Å². The number of aromatic amines is 1. The topological polar surface area (TPSA) is 57.8 Å². The Hall–Kier alpha value is -1.32. The maximum absolute atomic E-state index is 12.4. The van der Waals surface area contributed by atoms with Crippen LogP contribution in [0.3, 0.4) is 0 Å². The van der Waals surface area contributed by atoms with Crippen LogP contribution in [0.25, 0.3) is 0 Å². The van der Waals surface area contributed by atoms with Gasteiger partial charge in [0.1, 0.15) is 0 Å². The van der Waals surface area contributed by atoms with E-state index in [-0.39, 0.29) is 11.8 Å². The van der Waals surface area contributed by atoms with E-state index in [1.807, 2.05) is 6.20 Å². The van der Waals surface area contributed by atoms with Crippen molar-refractivity contribution < 1.29 is 4.79 Å². The van der Waals surface area contributed by atoms with Gasteiger partial charge in [-0.3, -0.25) is 4.79 Å². The third-order valence-electron chi connectivity index (χ3n) is 5.29. The van der Waals surface area contributed by atoms with Crippen molar-refractivity contribution in [3.8, 4) is 0 Å². The first-order valence-electron chi connectivity index (χ1n) is 7.97. The van der Waals surface area contributed by atoms with Gasteiger partial charge in [0.25, 0.3) is 0 Å². The van der Waals surface area contributed by atoms with Gasteiger partial charge in [0.15, 0.2) is 0 Å². The van der Waals surface area contributed by atoms with E-state index in [4.69, 9.17) is 0 Å². The lowest BCUT2D eigenvalue weighted by molar-refractivity contribution is -0.123. The van der Waals surface area contributed by atoms with E-state index in [0.29, 0.717) is 23.8 Å². The van der Waals surface area contributed by atoms with Gasteiger partial charge in [-0.2, -0.15) is 0 Å². The molecule has 1 heterocycles. The Morgan fingerprint density at radius 2 is 2.15 bits per heavy atom. The van der Waals surface area contributed by atoms with Crippen LogP contribution >= 0.6 is 0 Å². The normalized spacial score (nSPS) is 31.8. The number of amides is 1. The van der Waals surface area contributed by atoms with Crippen molar-refractivity contribution in [2.45, 2.75) is 57.9 Å². The first-order valence-corrected chi connectivity index (χ1v) is 7.97. The molecule has 0 spiro atoms. The van der Waals surface area contributed by atoms with Crippen molar-refractivity contribution in [2.24, 2.45) is 17.8 Å². The number of carbonyl (C=O) groups excluding carboxylic acids is 1. The number of imidazole rings is 1. The Kier molecular flexibility index (Phi) is 3.81. The summed E-state index contributed by atoms with van der Waals surface area (Å²) < 4.78 is 0. The lowest BCUT2D eigenvalue weighted by atomic mass is 9.84. The minimum atomic E-state index is 0.126. The standard InChI is InChI=1S/C16H25N3O/c1-10-14(13-8-17-9-18-13)15(10)16(20)19-11(2)12-6-4-3-5-7-12/h8-12,14-15H,3-7H2,1-2H3,(H,17,18)(H,19,20)/t10-,11+,14-,15+/m1/s1. The minimum Gasteiger partial charge on any atom is -0.353 e. The van der Waals surface area contributed by atoms with Gasteiger partial charge >= 0.3 is 0 Å². The van der Waals surface area contributed by atoms with Crippen molar-refractivity contribution in [3.63, 3.8) is 0 Å². The second-order valence-corrected chi connectivity index (χ2v) is 6.61. The van der Waals surface area contributed by atoms with Gasteiger partial charge < -0.3 is 10.3 Å². The van der Waals surface area contributed by atoms with Crippen molar-refractivity contribution in [2.75, 3.05) is 0 Å². The van der Waals surface area contributed by atoms with Gasteiger partial charge in [0, 0.05) is 29.8 Å². The number of hydrogen-bond donors (Lipinski definition) is 2. The van der Waals surface area contributed by atoms with E-state index in [0.717, 1.165) is 5.69 Å². The lowest BCUT2D eigenvalue weighted by Gasteiger charge is -2.28. The molecule has 110 valence electrons. The molecular formula is C16H25N3O. The highest BCUT2D eigenvalue weighted by atomic mass is 16.2. The SMILES string of the molecule is C[C@H]1[C@H](C(=O)N[C@@H](C)C2CCCCC2)[C@H]1c1cnc[nH]1. The molecule has 3 rings (SSSR count). The predicted octanol–water partition coefficient (Wildman–Crippen LogP) is 2.84. The fraction of sp³-hybridized carbons (Fsp3) is 0.750. The molecule has 0 bridgehead atoms. The molecule has 2 fully saturated rings. The Labute approximate surface area is 120 Å². The molecule has 4 heteroatoms. The molecular weight excluding hydrogens is 250 g/mol. The first kappa shape index (κ1) is 13.7. The molecule has 0 unspecified atom stereocenters. The number of rotatable bonds is 4. The van der Waals surface area contributed by atoms with Crippen molar-refractivity contribution in [1.29, 1.82) is 0 Å². The highest BCUT2D eigenvalue weighted by Gasteiger charge is 2.53. The molecule has 0 saturated heterocycles.